The maximum absolute atomic E-state index is 11.8. The Morgan fingerprint density at radius 1 is 1.62 bits per heavy atom. The number of nitrogens with two attached hydrogens (primary N) is 1. The topological polar surface area (TPSA) is 92.9 Å². The molecule has 2 atom stereocenters. The van der Waals surface area contributed by atoms with E-state index in [2.05, 4.69) is 0 Å². The van der Waals surface area contributed by atoms with Crippen LogP contribution in [0, 0.1) is 0 Å². The van der Waals surface area contributed by atoms with Crippen LogP contribution in [0.4, 0.5) is 0 Å². The van der Waals surface area contributed by atoms with Crippen molar-refractivity contribution in [3.63, 3.8) is 0 Å². The number of ether oxygens (including phenoxy) is 1. The molecule has 0 aliphatic carbocycles. The van der Waals surface area contributed by atoms with Crippen LogP contribution in [-0.4, -0.2) is 54.2 Å². The largest absolute Gasteiger partial charge is 0.481 e. The number of carbonyl (C=O) groups excluding carboxylic acids is 1. The number of carboxylic acid groups (broad SMARTS) is 1. The normalized spacial score (nSPS) is 22.9. The van der Waals surface area contributed by atoms with Crippen LogP contribution in [0.1, 0.15) is 19.3 Å². The average Bonchev–Trinajstić information content (AvgIpc) is 2.27. The van der Waals surface area contributed by atoms with Gasteiger partial charge in [0.2, 0.25) is 5.91 Å². The quantitative estimate of drug-likeness (QED) is 0.674. The lowest BCUT2D eigenvalue weighted by atomic mass is 10.1. The van der Waals surface area contributed by atoms with Crippen LogP contribution in [-0.2, 0) is 14.3 Å². The third-order valence-corrected chi connectivity index (χ3v) is 2.73. The van der Waals surface area contributed by atoms with E-state index in [0.29, 0.717) is 13.1 Å². The van der Waals surface area contributed by atoms with Crippen molar-refractivity contribution in [3.8, 4) is 0 Å². The second-order valence-corrected chi connectivity index (χ2v) is 3.99. The lowest BCUT2D eigenvalue weighted by molar-refractivity contribution is -0.143. The maximum atomic E-state index is 11.8. The molecule has 6 nitrogen and oxygen atoms in total. The molecule has 16 heavy (non-hydrogen) atoms. The van der Waals surface area contributed by atoms with E-state index in [1.165, 1.54) is 0 Å². The fourth-order valence-corrected chi connectivity index (χ4v) is 1.84. The minimum absolute atomic E-state index is 0.0368. The fraction of sp³-hybridized carbons (Fsp3) is 0.800. The average molecular weight is 230 g/mol. The molecule has 92 valence electrons. The van der Waals surface area contributed by atoms with Crippen molar-refractivity contribution in [1.82, 2.24) is 4.90 Å². The van der Waals surface area contributed by atoms with Crippen molar-refractivity contribution in [1.29, 1.82) is 0 Å². The van der Waals surface area contributed by atoms with Crippen LogP contribution in [0.2, 0.25) is 0 Å². The summed E-state index contributed by atoms with van der Waals surface area (Å²) in [4.78, 5) is 23.8. The zero-order valence-corrected chi connectivity index (χ0v) is 9.39. The lowest BCUT2D eigenvalue weighted by Crippen LogP contribution is -2.50. The molecule has 1 fully saturated rings. The summed E-state index contributed by atoms with van der Waals surface area (Å²) in [5.41, 5.74) is 5.52. The smallest absolute Gasteiger partial charge is 0.305 e. The number of carboxylic acids is 1. The van der Waals surface area contributed by atoms with Gasteiger partial charge >= 0.3 is 5.97 Å². The van der Waals surface area contributed by atoms with E-state index >= 15 is 0 Å². The van der Waals surface area contributed by atoms with Crippen LogP contribution in [0.25, 0.3) is 0 Å². The summed E-state index contributed by atoms with van der Waals surface area (Å²) in [6.45, 7) is 1.13. The number of methoxy groups -OCH3 is 1. The lowest BCUT2D eigenvalue weighted by Gasteiger charge is -2.33. The Balaban J connectivity index is 2.49. The predicted octanol–water partition coefficient (Wildman–Crippen LogP) is -0.574. The molecule has 1 aliphatic heterocycles. The highest BCUT2D eigenvalue weighted by Crippen LogP contribution is 2.13. The van der Waals surface area contributed by atoms with E-state index in [4.69, 9.17) is 15.6 Å². The monoisotopic (exact) mass is 230 g/mol. The van der Waals surface area contributed by atoms with Crippen molar-refractivity contribution in [2.75, 3.05) is 20.2 Å². The van der Waals surface area contributed by atoms with Gasteiger partial charge in [0, 0.05) is 20.2 Å². The van der Waals surface area contributed by atoms with Gasteiger partial charge in [-0.1, -0.05) is 0 Å². The van der Waals surface area contributed by atoms with Crippen molar-refractivity contribution in [2.24, 2.45) is 5.73 Å². The SMILES string of the molecule is COC1CCCN(C(=O)C(N)CC(=O)O)C1. The first-order valence-electron chi connectivity index (χ1n) is 5.33. The van der Waals surface area contributed by atoms with E-state index in [1.54, 1.807) is 12.0 Å². The number of piperidine rings is 1. The first-order valence-corrected chi connectivity index (χ1v) is 5.33. The van der Waals surface area contributed by atoms with Gasteiger partial charge in [-0.05, 0) is 12.8 Å². The summed E-state index contributed by atoms with van der Waals surface area (Å²) in [5.74, 6) is -1.36. The van der Waals surface area contributed by atoms with Crippen molar-refractivity contribution < 1.29 is 19.4 Å². The van der Waals surface area contributed by atoms with Gasteiger partial charge in [0.1, 0.15) is 0 Å². The molecule has 1 saturated heterocycles. The summed E-state index contributed by atoms with van der Waals surface area (Å²) in [7, 11) is 1.61. The van der Waals surface area contributed by atoms with Crippen LogP contribution >= 0.6 is 0 Å². The Hall–Kier alpha value is -1.14. The molecule has 1 rings (SSSR count). The zero-order chi connectivity index (χ0) is 12.1. The number of nitrogens with zero attached hydrogens (tertiary/aromatic N) is 1. The first kappa shape index (κ1) is 12.9. The zero-order valence-electron chi connectivity index (χ0n) is 9.39. The van der Waals surface area contributed by atoms with Crippen LogP contribution in [0.3, 0.4) is 0 Å². The van der Waals surface area contributed by atoms with E-state index in [0.717, 1.165) is 12.8 Å². The van der Waals surface area contributed by atoms with Gasteiger partial charge in [0.15, 0.2) is 0 Å². The number of hydrogen-bond acceptors (Lipinski definition) is 4. The number of rotatable bonds is 4. The molecular formula is C10H18N2O4. The Morgan fingerprint density at radius 2 is 2.31 bits per heavy atom. The van der Waals surface area contributed by atoms with Gasteiger partial charge in [0.05, 0.1) is 18.6 Å². The molecular weight excluding hydrogens is 212 g/mol. The summed E-state index contributed by atoms with van der Waals surface area (Å²) in [5, 5.41) is 8.55. The minimum Gasteiger partial charge on any atom is -0.481 e. The van der Waals surface area contributed by atoms with E-state index in [-0.39, 0.29) is 18.4 Å². The number of hydrogen-bond donors (Lipinski definition) is 2. The maximum Gasteiger partial charge on any atom is 0.305 e. The van der Waals surface area contributed by atoms with Crippen LogP contribution < -0.4 is 5.73 Å². The molecule has 1 amide bonds. The standard InChI is InChI=1S/C10H18N2O4/c1-16-7-3-2-4-12(6-7)10(15)8(11)5-9(13)14/h7-8H,2-6,11H2,1H3,(H,13,14). The van der Waals surface area contributed by atoms with Crippen LogP contribution in [0.5, 0.6) is 0 Å². The van der Waals surface area contributed by atoms with Gasteiger partial charge in [-0.2, -0.15) is 0 Å². The molecule has 0 aromatic heterocycles. The minimum atomic E-state index is -1.05. The molecule has 0 radical (unpaired) electrons. The molecule has 3 N–H and O–H groups in total. The van der Waals surface area contributed by atoms with Gasteiger partial charge in [-0.3, -0.25) is 9.59 Å². The van der Waals surface area contributed by atoms with E-state index in [9.17, 15) is 9.59 Å². The second kappa shape index (κ2) is 5.81. The van der Waals surface area contributed by atoms with Gasteiger partial charge in [-0.15, -0.1) is 0 Å². The Labute approximate surface area is 94.3 Å². The molecule has 0 saturated carbocycles. The molecule has 1 aliphatic rings. The summed E-state index contributed by atoms with van der Waals surface area (Å²) < 4.78 is 5.18. The second-order valence-electron chi connectivity index (χ2n) is 3.99. The van der Waals surface area contributed by atoms with E-state index < -0.39 is 12.0 Å². The molecule has 0 bridgehead atoms. The first-order chi connectivity index (χ1) is 7.54. The van der Waals surface area contributed by atoms with Gasteiger partial charge in [0.25, 0.3) is 0 Å². The number of amides is 1. The molecule has 6 heteroatoms. The predicted molar refractivity (Wildman–Crippen MR) is 56.8 cm³/mol. The summed E-state index contributed by atoms with van der Waals surface area (Å²) >= 11 is 0. The third-order valence-electron chi connectivity index (χ3n) is 2.73. The van der Waals surface area contributed by atoms with Crippen molar-refractivity contribution >= 4 is 11.9 Å². The number of likely N-dealkylation sites (tertiary alicyclic amines) is 1. The molecule has 0 spiro atoms. The Kier molecular flexibility index (Phi) is 4.70. The summed E-state index contributed by atoms with van der Waals surface area (Å²) in [6.07, 6.45) is 1.50. The van der Waals surface area contributed by atoms with Crippen molar-refractivity contribution in [3.05, 3.63) is 0 Å². The van der Waals surface area contributed by atoms with Crippen LogP contribution in [0.15, 0.2) is 0 Å². The third kappa shape index (κ3) is 3.46. The Bertz CT molecular complexity index is 270. The van der Waals surface area contributed by atoms with Gasteiger partial charge < -0.3 is 20.5 Å². The van der Waals surface area contributed by atoms with Crippen molar-refractivity contribution in [2.45, 2.75) is 31.4 Å². The highest BCUT2D eigenvalue weighted by molar-refractivity contribution is 5.86. The number of carbonyl (C=O) groups is 2. The molecule has 0 aromatic rings. The fourth-order valence-electron chi connectivity index (χ4n) is 1.84. The summed E-state index contributed by atoms with van der Waals surface area (Å²) in [6, 6.07) is -0.951. The molecule has 1 heterocycles. The molecule has 0 aromatic carbocycles. The van der Waals surface area contributed by atoms with Gasteiger partial charge in [-0.25, -0.2) is 0 Å². The Morgan fingerprint density at radius 3 is 2.88 bits per heavy atom. The van der Waals surface area contributed by atoms with E-state index in [1.807, 2.05) is 0 Å². The highest BCUT2D eigenvalue weighted by Gasteiger charge is 2.27. The molecule has 2 unspecified atom stereocenters. The number of aliphatic carboxylic acids is 1. The highest BCUT2D eigenvalue weighted by atomic mass is 16.5.